The molecule has 1 aromatic carbocycles. The van der Waals surface area contributed by atoms with E-state index in [0.717, 1.165) is 16.9 Å². The lowest BCUT2D eigenvalue weighted by Crippen LogP contribution is -2.41. The smallest absolute Gasteiger partial charge is 0.239 e. The number of rotatable bonds is 9. The second-order valence-corrected chi connectivity index (χ2v) is 6.85. The topological polar surface area (TPSA) is 70.2 Å². The molecule has 0 saturated heterocycles. The van der Waals surface area contributed by atoms with Gasteiger partial charge in [-0.25, -0.2) is 0 Å². The average Bonchev–Trinajstić information content (AvgIpc) is 3.14. The summed E-state index contributed by atoms with van der Waals surface area (Å²) in [5.41, 5.74) is 2.31. The molecule has 1 heterocycles. The molecule has 0 aliphatic carbocycles. The SMILES string of the molecule is CCCNC(=O)CNC(=O)CN[C@@H](c1ccc(C)cc1)c1cccs1. The molecule has 0 radical (unpaired) electrons. The van der Waals surface area contributed by atoms with Gasteiger partial charge in [-0.3, -0.25) is 14.9 Å². The summed E-state index contributed by atoms with van der Waals surface area (Å²) in [5.74, 6) is -0.358. The summed E-state index contributed by atoms with van der Waals surface area (Å²) in [5, 5.41) is 10.7. The molecule has 25 heavy (non-hydrogen) atoms. The maximum atomic E-state index is 12.0. The van der Waals surface area contributed by atoms with Crippen molar-refractivity contribution in [3.63, 3.8) is 0 Å². The van der Waals surface area contributed by atoms with Crippen molar-refractivity contribution in [2.75, 3.05) is 19.6 Å². The number of aryl methyl sites for hydroxylation is 1. The van der Waals surface area contributed by atoms with Crippen LogP contribution in [-0.4, -0.2) is 31.4 Å². The third kappa shape index (κ3) is 6.32. The van der Waals surface area contributed by atoms with Gasteiger partial charge < -0.3 is 10.6 Å². The van der Waals surface area contributed by atoms with E-state index in [-0.39, 0.29) is 30.9 Å². The van der Waals surface area contributed by atoms with Gasteiger partial charge in [-0.2, -0.15) is 0 Å². The molecule has 0 unspecified atom stereocenters. The molecule has 1 atom stereocenters. The van der Waals surface area contributed by atoms with Crippen molar-refractivity contribution < 1.29 is 9.59 Å². The van der Waals surface area contributed by atoms with Crippen LogP contribution < -0.4 is 16.0 Å². The fourth-order valence-electron chi connectivity index (χ4n) is 2.36. The van der Waals surface area contributed by atoms with E-state index in [2.05, 4.69) is 46.3 Å². The molecular formula is C19H25N3O2S. The number of nitrogens with one attached hydrogen (secondary N) is 3. The van der Waals surface area contributed by atoms with Crippen molar-refractivity contribution in [2.45, 2.75) is 26.3 Å². The monoisotopic (exact) mass is 359 g/mol. The average molecular weight is 359 g/mol. The van der Waals surface area contributed by atoms with Crippen LogP contribution in [0.4, 0.5) is 0 Å². The molecule has 0 fully saturated rings. The fraction of sp³-hybridized carbons (Fsp3) is 0.368. The first kappa shape index (κ1) is 19.1. The number of hydrogen-bond acceptors (Lipinski definition) is 4. The zero-order valence-corrected chi connectivity index (χ0v) is 15.5. The number of amides is 2. The van der Waals surface area contributed by atoms with E-state index in [0.29, 0.717) is 6.54 Å². The normalized spacial score (nSPS) is 11.8. The molecule has 6 heteroatoms. The third-order valence-electron chi connectivity index (χ3n) is 3.72. The van der Waals surface area contributed by atoms with E-state index >= 15 is 0 Å². The van der Waals surface area contributed by atoms with Crippen LogP contribution in [0.3, 0.4) is 0 Å². The number of thiophene rings is 1. The summed E-state index contributed by atoms with van der Waals surface area (Å²) in [6.45, 7) is 4.82. The highest BCUT2D eigenvalue weighted by Gasteiger charge is 2.16. The molecule has 3 N–H and O–H groups in total. The van der Waals surface area contributed by atoms with Crippen LogP contribution in [0, 0.1) is 6.92 Å². The van der Waals surface area contributed by atoms with Crippen molar-refractivity contribution in [2.24, 2.45) is 0 Å². The summed E-state index contributed by atoms with van der Waals surface area (Å²) in [6, 6.07) is 12.3. The van der Waals surface area contributed by atoms with Gasteiger partial charge in [-0.1, -0.05) is 42.8 Å². The molecule has 2 aromatic rings. The van der Waals surface area contributed by atoms with Crippen molar-refractivity contribution in [1.29, 1.82) is 0 Å². The van der Waals surface area contributed by atoms with Crippen molar-refractivity contribution in [3.8, 4) is 0 Å². The fourth-order valence-corrected chi connectivity index (χ4v) is 3.19. The van der Waals surface area contributed by atoms with Crippen LogP contribution >= 0.6 is 11.3 Å². The second kappa shape index (κ2) is 9.96. The van der Waals surface area contributed by atoms with Gasteiger partial charge in [0.15, 0.2) is 0 Å². The van der Waals surface area contributed by atoms with E-state index in [1.54, 1.807) is 11.3 Å². The van der Waals surface area contributed by atoms with Crippen molar-refractivity contribution >= 4 is 23.2 Å². The molecule has 0 aliphatic heterocycles. The van der Waals surface area contributed by atoms with Crippen LogP contribution in [0.2, 0.25) is 0 Å². The van der Waals surface area contributed by atoms with Gasteiger partial charge in [0, 0.05) is 11.4 Å². The van der Waals surface area contributed by atoms with E-state index < -0.39 is 0 Å². The van der Waals surface area contributed by atoms with Crippen molar-refractivity contribution in [1.82, 2.24) is 16.0 Å². The van der Waals surface area contributed by atoms with Gasteiger partial charge in [0.1, 0.15) is 0 Å². The van der Waals surface area contributed by atoms with Gasteiger partial charge >= 0.3 is 0 Å². The maximum Gasteiger partial charge on any atom is 0.239 e. The summed E-state index contributed by atoms with van der Waals surface area (Å²) in [6.07, 6.45) is 0.875. The number of hydrogen-bond donors (Lipinski definition) is 3. The van der Waals surface area contributed by atoms with Crippen LogP contribution in [-0.2, 0) is 9.59 Å². The largest absolute Gasteiger partial charge is 0.355 e. The van der Waals surface area contributed by atoms with Crippen LogP contribution in [0.25, 0.3) is 0 Å². The first-order valence-corrected chi connectivity index (χ1v) is 9.35. The Balaban J connectivity index is 1.91. The highest BCUT2D eigenvalue weighted by molar-refractivity contribution is 7.10. The zero-order valence-electron chi connectivity index (χ0n) is 14.7. The Morgan fingerprint density at radius 2 is 1.76 bits per heavy atom. The first-order valence-electron chi connectivity index (χ1n) is 8.47. The molecule has 1 aromatic heterocycles. The molecule has 2 rings (SSSR count). The van der Waals surface area contributed by atoms with Crippen LogP contribution in [0.1, 0.15) is 35.4 Å². The Hall–Kier alpha value is -2.18. The van der Waals surface area contributed by atoms with Gasteiger partial charge in [0.25, 0.3) is 0 Å². The first-order chi connectivity index (χ1) is 12.1. The van der Waals surface area contributed by atoms with Crippen LogP contribution in [0.5, 0.6) is 0 Å². The van der Waals surface area contributed by atoms with E-state index in [1.165, 1.54) is 5.56 Å². The molecular weight excluding hydrogens is 334 g/mol. The van der Waals surface area contributed by atoms with E-state index in [9.17, 15) is 9.59 Å². The molecule has 0 bridgehead atoms. The minimum Gasteiger partial charge on any atom is -0.355 e. The number of carbonyl (C=O) groups excluding carboxylic acids is 2. The van der Waals surface area contributed by atoms with Crippen LogP contribution in [0.15, 0.2) is 41.8 Å². The summed E-state index contributed by atoms with van der Waals surface area (Å²) in [4.78, 5) is 24.7. The Morgan fingerprint density at radius 3 is 2.40 bits per heavy atom. The van der Waals surface area contributed by atoms with E-state index in [4.69, 9.17) is 0 Å². The standard InChI is InChI=1S/C19H25N3O2S/c1-3-10-20-17(23)12-21-18(24)13-22-19(16-5-4-11-25-16)15-8-6-14(2)7-9-15/h4-9,11,19,22H,3,10,12-13H2,1-2H3,(H,20,23)(H,21,24)/t19-/m0/s1. The summed E-state index contributed by atoms with van der Waals surface area (Å²) >= 11 is 1.65. The minimum absolute atomic E-state index is 0.00864. The molecule has 5 nitrogen and oxygen atoms in total. The predicted molar refractivity (Wildman–Crippen MR) is 102 cm³/mol. The molecule has 0 spiro atoms. The molecule has 0 saturated carbocycles. The summed E-state index contributed by atoms with van der Waals surface area (Å²) in [7, 11) is 0. The van der Waals surface area contributed by atoms with Gasteiger partial charge in [0.05, 0.1) is 19.1 Å². The Morgan fingerprint density at radius 1 is 1.04 bits per heavy atom. The van der Waals surface area contributed by atoms with Gasteiger partial charge in [-0.15, -0.1) is 11.3 Å². The summed E-state index contributed by atoms with van der Waals surface area (Å²) < 4.78 is 0. The maximum absolute atomic E-state index is 12.0. The lowest BCUT2D eigenvalue weighted by Gasteiger charge is -2.18. The molecule has 2 amide bonds. The van der Waals surface area contributed by atoms with Gasteiger partial charge in [0.2, 0.25) is 11.8 Å². The minimum atomic E-state index is -0.194. The Kier molecular flexibility index (Phi) is 7.63. The zero-order chi connectivity index (χ0) is 18.1. The molecule has 134 valence electrons. The Bertz CT molecular complexity index is 668. The number of carbonyl (C=O) groups is 2. The Labute approximate surface area is 152 Å². The van der Waals surface area contributed by atoms with E-state index in [1.807, 2.05) is 25.3 Å². The highest BCUT2D eigenvalue weighted by atomic mass is 32.1. The van der Waals surface area contributed by atoms with Crippen molar-refractivity contribution in [3.05, 3.63) is 57.8 Å². The third-order valence-corrected chi connectivity index (χ3v) is 4.66. The lowest BCUT2D eigenvalue weighted by molar-refractivity contribution is -0.125. The second-order valence-electron chi connectivity index (χ2n) is 5.87. The highest BCUT2D eigenvalue weighted by Crippen LogP contribution is 2.26. The number of benzene rings is 1. The quantitative estimate of drug-likeness (QED) is 0.644. The predicted octanol–water partition coefficient (Wildman–Crippen LogP) is 2.38. The lowest BCUT2D eigenvalue weighted by atomic mass is 10.0. The molecule has 0 aliphatic rings. The van der Waals surface area contributed by atoms with Gasteiger partial charge in [-0.05, 0) is 30.4 Å².